The van der Waals surface area contributed by atoms with E-state index in [4.69, 9.17) is 11.6 Å². The third-order valence-corrected chi connectivity index (χ3v) is 6.26. The van der Waals surface area contributed by atoms with Crippen molar-refractivity contribution < 1.29 is 19.4 Å². The predicted molar refractivity (Wildman–Crippen MR) is 121 cm³/mol. The number of hydrogen-bond acceptors (Lipinski definition) is 6. The summed E-state index contributed by atoms with van der Waals surface area (Å²) in [6.45, 7) is 3.80. The van der Waals surface area contributed by atoms with Crippen molar-refractivity contribution in [3.05, 3.63) is 84.5 Å². The molecule has 1 amide bonds. The fraction of sp³-hybridized carbons (Fsp3) is 0.304. The number of hydrogen-bond donors (Lipinski definition) is 0. The van der Waals surface area contributed by atoms with Gasteiger partial charge in [0, 0.05) is 53.3 Å². The van der Waals surface area contributed by atoms with E-state index in [1.165, 1.54) is 35.2 Å². The Hall–Kier alpha value is -3.59. The van der Waals surface area contributed by atoms with Crippen molar-refractivity contribution in [2.24, 2.45) is 5.41 Å². The normalized spacial score (nSPS) is 20.0. The zero-order valence-corrected chi connectivity index (χ0v) is 18.7. The Labute approximate surface area is 193 Å². The lowest BCUT2D eigenvalue weighted by molar-refractivity contribution is -0.384. The molecule has 1 heterocycles. The average molecular weight is 470 g/mol. The topological polar surface area (TPSA) is 124 Å². The third kappa shape index (κ3) is 4.11. The first-order valence-electron chi connectivity index (χ1n) is 10.3. The van der Waals surface area contributed by atoms with Gasteiger partial charge in [-0.2, -0.15) is 0 Å². The number of benzene rings is 2. The van der Waals surface area contributed by atoms with E-state index in [-0.39, 0.29) is 40.7 Å². The van der Waals surface area contributed by atoms with E-state index in [1.54, 1.807) is 12.1 Å². The molecule has 0 bridgehead atoms. The minimum absolute atomic E-state index is 0.0256. The van der Waals surface area contributed by atoms with Gasteiger partial charge in [-0.25, -0.2) is 0 Å². The number of amides is 1. The predicted octanol–water partition coefficient (Wildman–Crippen LogP) is 5.32. The fourth-order valence-corrected chi connectivity index (χ4v) is 4.80. The van der Waals surface area contributed by atoms with E-state index in [0.29, 0.717) is 23.3 Å². The molecule has 0 radical (unpaired) electrons. The summed E-state index contributed by atoms with van der Waals surface area (Å²) < 4.78 is 0. The van der Waals surface area contributed by atoms with E-state index in [1.807, 2.05) is 13.8 Å². The molecule has 2 aromatic rings. The summed E-state index contributed by atoms with van der Waals surface area (Å²) in [7, 11) is 0. The Bertz CT molecular complexity index is 1240. The summed E-state index contributed by atoms with van der Waals surface area (Å²) in [5, 5.41) is 22.9. The Morgan fingerprint density at radius 1 is 1.00 bits per heavy atom. The summed E-state index contributed by atoms with van der Waals surface area (Å²) >= 11 is 6.11. The highest BCUT2D eigenvalue weighted by molar-refractivity contribution is 6.31. The Kier molecular flexibility index (Phi) is 5.53. The number of non-ortho nitro benzene ring substituents is 1. The highest BCUT2D eigenvalue weighted by Crippen LogP contribution is 2.49. The van der Waals surface area contributed by atoms with Crippen LogP contribution in [0.15, 0.2) is 53.7 Å². The number of nitrogens with zero attached hydrogens (tertiary/aromatic N) is 3. The standard InChI is InChI=1S/C23H20ClN3O6/c1-23(2)11-19-22(20(28)12-23)16(13-3-6-15(7-4-13)26(30)31)10-21(29)25(19)18-9-14(24)5-8-17(18)27(32)33/h3-9,16H,10-12H2,1-2H3. The molecule has 33 heavy (non-hydrogen) atoms. The van der Waals surface area contributed by atoms with Crippen LogP contribution in [-0.2, 0) is 9.59 Å². The molecule has 1 unspecified atom stereocenters. The van der Waals surface area contributed by atoms with Crippen LogP contribution in [-0.4, -0.2) is 21.5 Å². The Morgan fingerprint density at radius 3 is 2.27 bits per heavy atom. The molecule has 4 rings (SSSR count). The summed E-state index contributed by atoms with van der Waals surface area (Å²) in [6.07, 6.45) is 0.508. The number of ketones is 1. The molecule has 170 valence electrons. The number of anilines is 1. The van der Waals surface area contributed by atoms with Crippen molar-refractivity contribution in [3.8, 4) is 0 Å². The van der Waals surface area contributed by atoms with E-state index < -0.39 is 27.1 Å². The second kappa shape index (κ2) is 8.08. The summed E-state index contributed by atoms with van der Waals surface area (Å²) in [6, 6.07) is 9.75. The van der Waals surface area contributed by atoms with Crippen LogP contribution in [0.4, 0.5) is 17.1 Å². The van der Waals surface area contributed by atoms with Crippen molar-refractivity contribution in [3.63, 3.8) is 0 Å². The van der Waals surface area contributed by atoms with E-state index in [2.05, 4.69) is 0 Å². The van der Waals surface area contributed by atoms with Gasteiger partial charge in [0.2, 0.25) is 5.91 Å². The van der Waals surface area contributed by atoms with Crippen molar-refractivity contribution in [2.45, 2.75) is 39.0 Å². The molecule has 0 aromatic heterocycles. The van der Waals surface area contributed by atoms with Gasteiger partial charge in [0.15, 0.2) is 5.78 Å². The highest BCUT2D eigenvalue weighted by Gasteiger charge is 2.45. The lowest BCUT2D eigenvalue weighted by Gasteiger charge is -2.42. The molecule has 1 atom stereocenters. The van der Waals surface area contributed by atoms with Crippen LogP contribution in [0, 0.1) is 25.6 Å². The summed E-state index contributed by atoms with van der Waals surface area (Å²) in [5.74, 6) is -1.15. The van der Waals surface area contributed by atoms with Crippen LogP contribution in [0.5, 0.6) is 0 Å². The van der Waals surface area contributed by atoms with Crippen LogP contribution >= 0.6 is 11.6 Å². The molecule has 0 spiro atoms. The maximum atomic E-state index is 13.4. The van der Waals surface area contributed by atoms with Crippen LogP contribution in [0.25, 0.3) is 0 Å². The first kappa shape index (κ1) is 22.6. The van der Waals surface area contributed by atoms with Gasteiger partial charge in [-0.15, -0.1) is 0 Å². The Balaban J connectivity index is 1.92. The smallest absolute Gasteiger partial charge is 0.293 e. The maximum Gasteiger partial charge on any atom is 0.293 e. The number of carbonyl (C=O) groups is 2. The van der Waals surface area contributed by atoms with Crippen molar-refractivity contribution in [2.75, 3.05) is 4.90 Å². The molecule has 2 aliphatic rings. The largest absolute Gasteiger partial charge is 0.294 e. The number of halogens is 1. The first-order valence-corrected chi connectivity index (χ1v) is 10.6. The molecular formula is C23H20ClN3O6. The van der Waals surface area contributed by atoms with E-state index in [9.17, 15) is 29.8 Å². The van der Waals surface area contributed by atoms with Gasteiger partial charge in [-0.05, 0) is 29.5 Å². The van der Waals surface area contributed by atoms with Crippen molar-refractivity contribution in [1.29, 1.82) is 0 Å². The SMILES string of the molecule is CC1(C)CC(=O)C2=C(C1)N(c1cc(Cl)ccc1[N+](=O)[O-])C(=O)CC2c1ccc([N+](=O)[O-])cc1. The minimum atomic E-state index is -0.591. The van der Waals surface area contributed by atoms with Gasteiger partial charge in [0.25, 0.3) is 11.4 Å². The zero-order valence-electron chi connectivity index (χ0n) is 17.9. The first-order chi connectivity index (χ1) is 15.5. The fourth-order valence-electron chi connectivity index (χ4n) is 4.64. The minimum Gasteiger partial charge on any atom is -0.294 e. The number of allylic oxidation sites excluding steroid dienone is 2. The Morgan fingerprint density at radius 2 is 1.67 bits per heavy atom. The van der Waals surface area contributed by atoms with Crippen LogP contribution in [0.2, 0.25) is 5.02 Å². The quantitative estimate of drug-likeness (QED) is 0.441. The highest BCUT2D eigenvalue weighted by atomic mass is 35.5. The zero-order chi connectivity index (χ0) is 24.1. The second-order valence-corrected chi connectivity index (χ2v) is 9.46. The van der Waals surface area contributed by atoms with Gasteiger partial charge in [0.05, 0.1) is 9.85 Å². The average Bonchev–Trinajstić information content (AvgIpc) is 2.72. The molecule has 0 fully saturated rings. The van der Waals surface area contributed by atoms with Gasteiger partial charge in [-0.3, -0.25) is 34.7 Å². The molecule has 1 aliphatic heterocycles. The summed E-state index contributed by atoms with van der Waals surface area (Å²) in [5.41, 5.74) is 0.622. The van der Waals surface area contributed by atoms with Crippen molar-refractivity contribution in [1.82, 2.24) is 0 Å². The van der Waals surface area contributed by atoms with Crippen molar-refractivity contribution >= 4 is 40.4 Å². The summed E-state index contributed by atoms with van der Waals surface area (Å²) in [4.78, 5) is 49.6. The van der Waals surface area contributed by atoms with Gasteiger partial charge >= 0.3 is 0 Å². The second-order valence-electron chi connectivity index (χ2n) is 9.03. The van der Waals surface area contributed by atoms with E-state index >= 15 is 0 Å². The molecule has 10 heteroatoms. The molecule has 0 N–H and O–H groups in total. The number of carbonyl (C=O) groups excluding carboxylic acids is 2. The third-order valence-electron chi connectivity index (χ3n) is 6.02. The number of nitro groups is 2. The molecule has 2 aromatic carbocycles. The van der Waals surface area contributed by atoms with Crippen LogP contribution in [0.1, 0.15) is 44.6 Å². The van der Waals surface area contributed by atoms with Crippen LogP contribution < -0.4 is 4.90 Å². The number of Topliss-reactive ketones (excluding diaryl/α,β-unsaturated/α-hetero) is 1. The molecule has 9 nitrogen and oxygen atoms in total. The molecule has 1 aliphatic carbocycles. The maximum absolute atomic E-state index is 13.4. The monoisotopic (exact) mass is 469 g/mol. The van der Waals surface area contributed by atoms with Gasteiger partial charge in [0.1, 0.15) is 5.69 Å². The lowest BCUT2D eigenvalue weighted by atomic mass is 9.69. The molecule has 0 saturated carbocycles. The molecule has 0 saturated heterocycles. The number of nitro benzene ring substituents is 2. The van der Waals surface area contributed by atoms with E-state index in [0.717, 1.165) is 0 Å². The van der Waals surface area contributed by atoms with Gasteiger partial charge in [-0.1, -0.05) is 37.6 Å². The lowest BCUT2D eigenvalue weighted by Crippen LogP contribution is -2.44. The number of rotatable bonds is 4. The molecular weight excluding hydrogens is 450 g/mol. The van der Waals surface area contributed by atoms with Crippen LogP contribution in [0.3, 0.4) is 0 Å². The van der Waals surface area contributed by atoms with Gasteiger partial charge < -0.3 is 0 Å².